The molecule has 0 amide bonds. The molecule has 194 valence electrons. The molecule has 16 nitrogen and oxygen atoms in total. The van der Waals surface area contributed by atoms with Crippen LogP contribution >= 0.6 is 15.6 Å². The topological polar surface area (TPSA) is 242 Å². The molecule has 2 aliphatic rings. The molecule has 0 aliphatic carbocycles. The van der Waals surface area contributed by atoms with Gasteiger partial charge in [-0.1, -0.05) is 0 Å². The first kappa shape index (κ1) is 27.3. The maximum Gasteiger partial charge on any atom is 0.483 e. The first-order valence-corrected chi connectivity index (χ1v) is 13.1. The number of aryl methyl sites for hydroxylation is 1. The SMILES string of the molecule is Cc1cn([C@H]2C[C@H](O)[C@@H](COP(=O)(O)OP(=O)(O)O[C@H]3C[C@H](N)[C@H](O)[C@H](C)O3)O2)c(=O)[nH]c1=O. The van der Waals surface area contributed by atoms with Crippen molar-refractivity contribution in [3.63, 3.8) is 0 Å². The Morgan fingerprint density at radius 2 is 1.88 bits per heavy atom. The van der Waals surface area contributed by atoms with Gasteiger partial charge in [0.25, 0.3) is 5.56 Å². The van der Waals surface area contributed by atoms with Gasteiger partial charge >= 0.3 is 21.3 Å². The van der Waals surface area contributed by atoms with Crippen LogP contribution in [0.25, 0.3) is 0 Å². The van der Waals surface area contributed by atoms with E-state index in [0.29, 0.717) is 0 Å². The second kappa shape index (κ2) is 10.4. The van der Waals surface area contributed by atoms with E-state index in [0.717, 1.165) is 4.57 Å². The molecule has 9 atom stereocenters. The second-order valence-electron chi connectivity index (χ2n) is 7.99. The van der Waals surface area contributed by atoms with Crippen molar-refractivity contribution in [3.05, 3.63) is 32.6 Å². The summed E-state index contributed by atoms with van der Waals surface area (Å²) >= 11 is 0. The standard InChI is InChI=1S/C16H27N3O13P2/c1-7-5-19(16(23)18-15(7)22)12-4-10(20)11(30-12)6-28-33(24,25)32-34(26,27)31-13-3-9(17)14(21)8(2)29-13/h5,8-14,20-21H,3-4,6,17H2,1-2H3,(H,24,25)(H,26,27)(H,18,22,23)/t8-,9-,10-,11+,12+,13-,14+/m0/s1. The van der Waals surface area contributed by atoms with Crippen LogP contribution in [0.3, 0.4) is 0 Å². The molecule has 2 aliphatic heterocycles. The highest BCUT2D eigenvalue weighted by atomic mass is 31.3. The second-order valence-corrected chi connectivity index (χ2v) is 11.0. The summed E-state index contributed by atoms with van der Waals surface area (Å²) < 4.78 is 49.6. The Morgan fingerprint density at radius 3 is 2.53 bits per heavy atom. The highest BCUT2D eigenvalue weighted by Crippen LogP contribution is 2.61. The normalized spacial score (nSPS) is 35.6. The van der Waals surface area contributed by atoms with Crippen molar-refractivity contribution < 1.29 is 52.0 Å². The zero-order valence-electron chi connectivity index (χ0n) is 18.1. The van der Waals surface area contributed by atoms with Gasteiger partial charge in [-0.2, -0.15) is 4.31 Å². The van der Waals surface area contributed by atoms with Crippen LogP contribution in [0.2, 0.25) is 0 Å². The van der Waals surface area contributed by atoms with Gasteiger partial charge in [0.05, 0.1) is 24.9 Å². The van der Waals surface area contributed by atoms with Gasteiger partial charge in [-0.3, -0.25) is 23.4 Å². The van der Waals surface area contributed by atoms with Gasteiger partial charge in [-0.05, 0) is 13.8 Å². The van der Waals surface area contributed by atoms with E-state index in [4.69, 9.17) is 19.7 Å². The third-order valence-corrected chi connectivity index (χ3v) is 7.90. The van der Waals surface area contributed by atoms with Gasteiger partial charge in [0.15, 0.2) is 6.29 Å². The molecule has 3 heterocycles. The number of H-pyrrole nitrogens is 1. The van der Waals surface area contributed by atoms with Crippen molar-refractivity contribution >= 4 is 15.6 Å². The molecule has 0 aromatic carbocycles. The minimum atomic E-state index is -5.20. The lowest BCUT2D eigenvalue weighted by atomic mass is 10.0. The summed E-state index contributed by atoms with van der Waals surface area (Å²) in [5.74, 6) is 0. The Hall–Kier alpha value is -1.26. The average molecular weight is 531 g/mol. The quantitative estimate of drug-likeness (QED) is 0.211. The number of phosphoric acid groups is 2. The number of rotatable bonds is 8. The zero-order chi connectivity index (χ0) is 25.4. The van der Waals surface area contributed by atoms with E-state index >= 15 is 0 Å². The molecule has 3 rings (SSSR count). The predicted molar refractivity (Wildman–Crippen MR) is 111 cm³/mol. The van der Waals surface area contributed by atoms with Crippen LogP contribution in [0.15, 0.2) is 15.8 Å². The molecule has 2 saturated heterocycles. The number of phosphoric ester groups is 2. The molecule has 0 radical (unpaired) electrons. The Kier molecular flexibility index (Phi) is 8.35. The van der Waals surface area contributed by atoms with Gasteiger partial charge in [0, 0.05) is 30.6 Å². The Labute approximate surface area is 192 Å². The first-order valence-electron chi connectivity index (χ1n) is 10.1. The molecule has 2 fully saturated rings. The van der Waals surface area contributed by atoms with E-state index in [1.54, 1.807) is 0 Å². The number of ether oxygens (including phenoxy) is 2. The number of nitrogens with one attached hydrogen (secondary N) is 1. The molecule has 1 aromatic heterocycles. The Morgan fingerprint density at radius 1 is 1.21 bits per heavy atom. The molecule has 34 heavy (non-hydrogen) atoms. The molecular weight excluding hydrogens is 504 g/mol. The van der Waals surface area contributed by atoms with Gasteiger partial charge in [-0.15, -0.1) is 0 Å². The predicted octanol–water partition coefficient (Wildman–Crippen LogP) is -1.43. The fourth-order valence-corrected chi connectivity index (χ4v) is 5.63. The molecule has 2 unspecified atom stereocenters. The molecule has 7 N–H and O–H groups in total. The number of nitrogens with two attached hydrogens (primary N) is 1. The fraction of sp³-hybridized carbons (Fsp3) is 0.750. The molecule has 18 heteroatoms. The molecule has 0 saturated carbocycles. The molecule has 0 bridgehead atoms. The van der Waals surface area contributed by atoms with E-state index in [2.05, 4.69) is 13.8 Å². The first-order chi connectivity index (χ1) is 15.7. The van der Waals surface area contributed by atoms with Crippen molar-refractivity contribution in [2.45, 2.75) is 69.7 Å². The molecule has 1 aromatic rings. The van der Waals surface area contributed by atoms with Crippen molar-refractivity contribution in [2.75, 3.05) is 6.61 Å². The summed E-state index contributed by atoms with van der Waals surface area (Å²) in [6.45, 7) is 2.16. The average Bonchev–Trinajstić information content (AvgIpc) is 3.06. The summed E-state index contributed by atoms with van der Waals surface area (Å²) in [4.78, 5) is 45.2. The number of aliphatic hydroxyl groups excluding tert-OH is 2. The van der Waals surface area contributed by atoms with Crippen LogP contribution in [0.1, 0.15) is 31.6 Å². The third-order valence-electron chi connectivity index (χ3n) is 5.27. The van der Waals surface area contributed by atoms with Crippen LogP contribution in [0.5, 0.6) is 0 Å². The summed E-state index contributed by atoms with van der Waals surface area (Å²) in [6, 6.07) is -0.835. The van der Waals surface area contributed by atoms with Crippen molar-refractivity contribution in [3.8, 4) is 0 Å². The highest BCUT2D eigenvalue weighted by Gasteiger charge is 2.43. The molecule has 0 spiro atoms. The minimum Gasteiger partial charge on any atom is -0.390 e. The van der Waals surface area contributed by atoms with E-state index in [9.17, 15) is 38.7 Å². The van der Waals surface area contributed by atoms with Crippen LogP contribution in [0.4, 0.5) is 0 Å². The Bertz CT molecular complexity index is 1080. The summed E-state index contributed by atoms with van der Waals surface area (Å²) in [7, 11) is -10.4. The number of hydrogen-bond donors (Lipinski definition) is 6. The largest absolute Gasteiger partial charge is 0.483 e. The fourth-order valence-electron chi connectivity index (χ4n) is 3.48. The van der Waals surface area contributed by atoms with E-state index in [1.165, 1.54) is 20.0 Å². The summed E-state index contributed by atoms with van der Waals surface area (Å²) in [6.07, 6.45) is -5.81. The van der Waals surface area contributed by atoms with Crippen molar-refractivity contribution in [1.29, 1.82) is 0 Å². The molecular formula is C16H27N3O13P2. The highest BCUT2D eigenvalue weighted by molar-refractivity contribution is 7.61. The van der Waals surface area contributed by atoms with Crippen LogP contribution in [-0.2, 0) is 32.0 Å². The maximum atomic E-state index is 12.2. The van der Waals surface area contributed by atoms with Gasteiger partial charge in [0.1, 0.15) is 12.3 Å². The van der Waals surface area contributed by atoms with Crippen LogP contribution < -0.4 is 17.0 Å². The zero-order valence-corrected chi connectivity index (χ0v) is 19.9. The summed E-state index contributed by atoms with van der Waals surface area (Å²) in [5.41, 5.74) is 4.54. The van der Waals surface area contributed by atoms with E-state index < -0.39 is 76.5 Å². The van der Waals surface area contributed by atoms with Crippen LogP contribution in [0, 0.1) is 6.92 Å². The van der Waals surface area contributed by atoms with Crippen molar-refractivity contribution in [2.24, 2.45) is 5.73 Å². The number of hydrogen-bond acceptors (Lipinski definition) is 12. The maximum absolute atomic E-state index is 12.2. The Balaban J connectivity index is 1.56. The van der Waals surface area contributed by atoms with Gasteiger partial charge in [-0.25, -0.2) is 13.9 Å². The number of aromatic amines is 1. The lowest BCUT2D eigenvalue weighted by molar-refractivity contribution is -0.191. The third kappa shape index (κ3) is 6.69. The lowest BCUT2D eigenvalue weighted by Crippen LogP contribution is -2.51. The van der Waals surface area contributed by atoms with E-state index in [-0.39, 0.29) is 18.4 Å². The summed E-state index contributed by atoms with van der Waals surface area (Å²) in [5, 5.41) is 19.9. The minimum absolute atomic E-state index is 0.110. The van der Waals surface area contributed by atoms with Gasteiger partial charge < -0.3 is 35.2 Å². The monoisotopic (exact) mass is 531 g/mol. The number of aliphatic hydroxyl groups is 2. The number of nitrogens with zero attached hydrogens (tertiary/aromatic N) is 1. The van der Waals surface area contributed by atoms with E-state index in [1.807, 2.05) is 0 Å². The number of aromatic nitrogens is 2. The smallest absolute Gasteiger partial charge is 0.390 e. The van der Waals surface area contributed by atoms with Crippen molar-refractivity contribution in [1.82, 2.24) is 9.55 Å². The lowest BCUT2D eigenvalue weighted by Gasteiger charge is -2.36. The van der Waals surface area contributed by atoms with Crippen LogP contribution in [-0.4, -0.2) is 72.9 Å². The van der Waals surface area contributed by atoms with Gasteiger partial charge in [0.2, 0.25) is 0 Å².